The van der Waals surface area contributed by atoms with Crippen LogP contribution in [0.15, 0.2) is 24.3 Å². The maximum Gasteiger partial charge on any atom is 0.241 e. The van der Waals surface area contributed by atoms with Gasteiger partial charge in [-0.1, -0.05) is 32.9 Å². The molecule has 0 bridgehead atoms. The summed E-state index contributed by atoms with van der Waals surface area (Å²) in [6, 6.07) is 7.85. The van der Waals surface area contributed by atoms with Gasteiger partial charge in [-0.05, 0) is 29.5 Å². The number of nitrogens with zero attached hydrogens (tertiary/aromatic N) is 1. The summed E-state index contributed by atoms with van der Waals surface area (Å²) in [6.07, 6.45) is 0.533. The van der Waals surface area contributed by atoms with Crippen LogP contribution < -0.4 is 5.32 Å². The van der Waals surface area contributed by atoms with Gasteiger partial charge < -0.3 is 10.2 Å². The molecule has 1 saturated heterocycles. The Labute approximate surface area is 139 Å². The number of carbonyl (C=O) groups excluding carboxylic acids is 1. The Balaban J connectivity index is 1.89. The molecule has 128 valence electrons. The van der Waals surface area contributed by atoms with Gasteiger partial charge in [0.2, 0.25) is 5.91 Å². The molecular formula is C17H26N2O3S. The van der Waals surface area contributed by atoms with Crippen LogP contribution in [0.3, 0.4) is 0 Å². The van der Waals surface area contributed by atoms with Crippen molar-refractivity contribution < 1.29 is 13.2 Å². The predicted octanol–water partition coefficient (Wildman–Crippen LogP) is 2.04. The number of likely N-dealkylation sites (N-methyl/N-ethyl adjacent to an activating group) is 1. The zero-order valence-electron chi connectivity index (χ0n) is 14.3. The van der Waals surface area contributed by atoms with Gasteiger partial charge in [-0.15, -0.1) is 0 Å². The third-order valence-corrected chi connectivity index (χ3v) is 6.09. The fourth-order valence-electron chi connectivity index (χ4n) is 2.67. The fraction of sp³-hybridized carbons (Fsp3) is 0.588. The van der Waals surface area contributed by atoms with Gasteiger partial charge in [0.05, 0.1) is 18.1 Å². The topological polar surface area (TPSA) is 66.5 Å². The summed E-state index contributed by atoms with van der Waals surface area (Å²) in [5, 5.41) is 3.11. The van der Waals surface area contributed by atoms with Crippen molar-refractivity contribution in [2.75, 3.05) is 30.4 Å². The van der Waals surface area contributed by atoms with E-state index in [0.29, 0.717) is 6.42 Å². The van der Waals surface area contributed by atoms with Crippen molar-refractivity contribution in [2.45, 2.75) is 38.6 Å². The first-order valence-corrected chi connectivity index (χ1v) is 9.71. The predicted molar refractivity (Wildman–Crippen MR) is 93.5 cm³/mol. The van der Waals surface area contributed by atoms with E-state index in [9.17, 15) is 13.2 Å². The third kappa shape index (κ3) is 4.70. The van der Waals surface area contributed by atoms with Gasteiger partial charge in [0.25, 0.3) is 0 Å². The summed E-state index contributed by atoms with van der Waals surface area (Å²) < 4.78 is 23.0. The van der Waals surface area contributed by atoms with E-state index in [2.05, 4.69) is 38.2 Å². The van der Waals surface area contributed by atoms with Gasteiger partial charge in [0.15, 0.2) is 9.84 Å². The maximum atomic E-state index is 12.2. The zero-order valence-corrected chi connectivity index (χ0v) is 15.1. The number of anilines is 1. The van der Waals surface area contributed by atoms with Gasteiger partial charge in [-0.3, -0.25) is 4.79 Å². The van der Waals surface area contributed by atoms with Crippen LogP contribution in [0.1, 0.15) is 32.8 Å². The molecule has 1 aliphatic heterocycles. The van der Waals surface area contributed by atoms with Crippen LogP contribution in [0.4, 0.5) is 5.69 Å². The van der Waals surface area contributed by atoms with E-state index in [1.54, 1.807) is 11.9 Å². The highest BCUT2D eigenvalue weighted by molar-refractivity contribution is 7.91. The molecule has 2 rings (SSSR count). The third-order valence-electron chi connectivity index (χ3n) is 4.34. The number of rotatable bonds is 4. The highest BCUT2D eigenvalue weighted by Crippen LogP contribution is 2.23. The van der Waals surface area contributed by atoms with E-state index in [4.69, 9.17) is 0 Å². The number of nitrogens with one attached hydrogen (secondary N) is 1. The molecule has 1 aliphatic rings. The number of amides is 1. The van der Waals surface area contributed by atoms with E-state index < -0.39 is 9.84 Å². The second-order valence-corrected chi connectivity index (χ2v) is 9.47. The highest BCUT2D eigenvalue weighted by Gasteiger charge is 2.32. The van der Waals surface area contributed by atoms with Gasteiger partial charge >= 0.3 is 0 Å². The van der Waals surface area contributed by atoms with E-state index in [1.165, 1.54) is 5.56 Å². The fourth-order valence-corrected chi connectivity index (χ4v) is 4.45. The second-order valence-electron chi connectivity index (χ2n) is 7.24. The van der Waals surface area contributed by atoms with E-state index >= 15 is 0 Å². The molecule has 0 radical (unpaired) electrons. The van der Waals surface area contributed by atoms with Gasteiger partial charge in [0.1, 0.15) is 0 Å². The van der Waals surface area contributed by atoms with Crippen molar-refractivity contribution in [3.05, 3.63) is 29.8 Å². The minimum absolute atomic E-state index is 0.0789. The molecule has 5 nitrogen and oxygen atoms in total. The number of carbonyl (C=O) groups is 1. The summed E-state index contributed by atoms with van der Waals surface area (Å²) in [6.45, 7) is 6.64. The summed E-state index contributed by atoms with van der Waals surface area (Å²) in [5.74, 6) is 0.166. The van der Waals surface area contributed by atoms with Crippen molar-refractivity contribution in [1.29, 1.82) is 0 Å². The zero-order chi connectivity index (χ0) is 17.3. The van der Waals surface area contributed by atoms with Crippen molar-refractivity contribution in [3.8, 4) is 0 Å². The van der Waals surface area contributed by atoms with Gasteiger partial charge in [-0.2, -0.15) is 0 Å². The van der Waals surface area contributed by atoms with Crippen LogP contribution in [0.5, 0.6) is 0 Å². The average molecular weight is 338 g/mol. The lowest BCUT2D eigenvalue weighted by molar-refractivity contribution is -0.129. The molecule has 1 atom stereocenters. The van der Waals surface area contributed by atoms with Gasteiger partial charge in [-0.25, -0.2) is 8.42 Å². The van der Waals surface area contributed by atoms with Gasteiger partial charge in [0, 0.05) is 18.8 Å². The van der Waals surface area contributed by atoms with Crippen molar-refractivity contribution in [3.63, 3.8) is 0 Å². The molecule has 23 heavy (non-hydrogen) atoms. The van der Waals surface area contributed by atoms with Crippen LogP contribution in [0.2, 0.25) is 0 Å². The van der Waals surface area contributed by atoms with Crippen molar-refractivity contribution in [1.82, 2.24) is 4.90 Å². The quantitative estimate of drug-likeness (QED) is 0.912. The molecule has 0 saturated carbocycles. The highest BCUT2D eigenvalue weighted by atomic mass is 32.2. The number of hydrogen-bond acceptors (Lipinski definition) is 4. The Morgan fingerprint density at radius 1 is 1.26 bits per heavy atom. The number of benzene rings is 1. The Bertz CT molecular complexity index is 660. The first-order chi connectivity index (χ1) is 10.6. The van der Waals surface area contributed by atoms with E-state index in [-0.39, 0.29) is 35.4 Å². The van der Waals surface area contributed by atoms with E-state index in [1.807, 2.05) is 12.1 Å². The number of sulfone groups is 1. The molecule has 1 aromatic rings. The smallest absolute Gasteiger partial charge is 0.241 e. The molecule has 1 unspecified atom stereocenters. The molecule has 6 heteroatoms. The lowest BCUT2D eigenvalue weighted by Gasteiger charge is -2.24. The SMILES string of the molecule is CN(C(=O)CNc1ccc(C(C)(C)C)cc1)C1CCS(=O)(=O)C1. The summed E-state index contributed by atoms with van der Waals surface area (Å²) in [4.78, 5) is 13.8. The van der Waals surface area contributed by atoms with Crippen molar-refractivity contribution >= 4 is 21.4 Å². The maximum absolute atomic E-state index is 12.2. The number of hydrogen-bond donors (Lipinski definition) is 1. The molecule has 1 heterocycles. The molecular weight excluding hydrogens is 312 g/mol. The Morgan fingerprint density at radius 3 is 2.35 bits per heavy atom. The average Bonchev–Trinajstić information content (AvgIpc) is 2.83. The largest absolute Gasteiger partial charge is 0.376 e. The summed E-state index contributed by atoms with van der Waals surface area (Å²) in [7, 11) is -1.30. The minimum Gasteiger partial charge on any atom is -0.376 e. The standard InChI is InChI=1S/C17H26N2O3S/c1-17(2,3)13-5-7-14(8-6-13)18-11-16(20)19(4)15-9-10-23(21,22)12-15/h5-8,15,18H,9-12H2,1-4H3. The van der Waals surface area contributed by atoms with Crippen LogP contribution in [0, 0.1) is 0 Å². The normalized spacial score (nSPS) is 20.3. The molecule has 0 aliphatic carbocycles. The molecule has 1 aromatic carbocycles. The summed E-state index contributed by atoms with van der Waals surface area (Å²) in [5.41, 5.74) is 2.23. The Hall–Kier alpha value is -1.56. The molecule has 0 spiro atoms. The van der Waals surface area contributed by atoms with Crippen LogP contribution in [-0.2, 0) is 20.0 Å². The molecule has 1 fully saturated rings. The van der Waals surface area contributed by atoms with Crippen LogP contribution >= 0.6 is 0 Å². The molecule has 0 aromatic heterocycles. The summed E-state index contributed by atoms with van der Waals surface area (Å²) >= 11 is 0. The first kappa shape index (κ1) is 17.8. The molecule has 1 amide bonds. The van der Waals surface area contributed by atoms with Crippen LogP contribution in [-0.4, -0.2) is 50.4 Å². The monoisotopic (exact) mass is 338 g/mol. The molecule has 1 N–H and O–H groups in total. The first-order valence-electron chi connectivity index (χ1n) is 7.89. The minimum atomic E-state index is -2.97. The Kier molecular flexibility index (Phi) is 5.04. The lowest BCUT2D eigenvalue weighted by atomic mass is 9.87. The second kappa shape index (κ2) is 6.51. The van der Waals surface area contributed by atoms with Crippen molar-refractivity contribution in [2.24, 2.45) is 0 Å². The Morgan fingerprint density at radius 2 is 1.87 bits per heavy atom. The van der Waals surface area contributed by atoms with Crippen LogP contribution in [0.25, 0.3) is 0 Å². The van der Waals surface area contributed by atoms with E-state index in [0.717, 1.165) is 5.69 Å². The lowest BCUT2D eigenvalue weighted by Crippen LogP contribution is -2.40.